The summed E-state index contributed by atoms with van der Waals surface area (Å²) in [7, 11) is 1.43. The van der Waals surface area contributed by atoms with Crippen LogP contribution in [0.3, 0.4) is 0 Å². The predicted molar refractivity (Wildman–Crippen MR) is 72.0 cm³/mol. The summed E-state index contributed by atoms with van der Waals surface area (Å²) in [5.41, 5.74) is 1.26. The average molecular weight is 266 g/mol. The highest BCUT2D eigenvalue weighted by atomic mass is 32.2. The van der Waals surface area contributed by atoms with Gasteiger partial charge in [0.05, 0.1) is 20.3 Å². The van der Waals surface area contributed by atoms with Crippen LogP contribution in [-0.4, -0.2) is 32.5 Å². The molecule has 1 aliphatic rings. The molecule has 18 heavy (non-hydrogen) atoms. The van der Waals surface area contributed by atoms with Crippen LogP contribution < -0.4 is 0 Å². The summed E-state index contributed by atoms with van der Waals surface area (Å²) in [6.45, 7) is 1.39. The first-order valence-corrected chi connectivity index (χ1v) is 7.22. The standard InChI is InChI=1S/C14H18O3S/c1-16-13(15)7-8-14(9-17-10-14)11-3-5-12(18-2)6-4-11/h3-6H,7-10H2,1-2H3. The molecule has 2 rings (SSSR count). The van der Waals surface area contributed by atoms with Crippen molar-refractivity contribution >= 4 is 17.7 Å². The topological polar surface area (TPSA) is 35.5 Å². The van der Waals surface area contributed by atoms with E-state index in [4.69, 9.17) is 9.47 Å². The highest BCUT2D eigenvalue weighted by Crippen LogP contribution is 2.37. The van der Waals surface area contributed by atoms with Crippen LogP contribution in [0.1, 0.15) is 18.4 Å². The Bertz CT molecular complexity index is 410. The van der Waals surface area contributed by atoms with Crippen LogP contribution in [0.4, 0.5) is 0 Å². The van der Waals surface area contributed by atoms with Gasteiger partial charge in [-0.1, -0.05) is 12.1 Å². The van der Waals surface area contributed by atoms with Crippen LogP contribution in [0, 0.1) is 0 Å². The molecule has 0 amide bonds. The quantitative estimate of drug-likeness (QED) is 0.606. The molecule has 1 fully saturated rings. The Labute approximate surface area is 112 Å². The molecule has 0 unspecified atom stereocenters. The number of carbonyl (C=O) groups is 1. The molecule has 1 aromatic carbocycles. The molecule has 1 heterocycles. The lowest BCUT2D eigenvalue weighted by atomic mass is 9.75. The third-order valence-corrected chi connectivity index (χ3v) is 4.24. The van der Waals surface area contributed by atoms with Gasteiger partial charge in [-0.15, -0.1) is 11.8 Å². The SMILES string of the molecule is COC(=O)CCC1(c2ccc(SC)cc2)COC1. The molecule has 4 heteroatoms. The van der Waals surface area contributed by atoms with E-state index < -0.39 is 0 Å². The van der Waals surface area contributed by atoms with Gasteiger partial charge in [-0.3, -0.25) is 4.79 Å². The number of rotatable bonds is 5. The van der Waals surface area contributed by atoms with E-state index in [0.29, 0.717) is 19.6 Å². The number of hydrogen-bond acceptors (Lipinski definition) is 4. The maximum atomic E-state index is 11.3. The number of carbonyl (C=O) groups excluding carboxylic acids is 1. The second-order valence-corrected chi connectivity index (χ2v) is 5.46. The predicted octanol–water partition coefficient (Wildman–Crippen LogP) is 2.63. The summed E-state index contributed by atoms with van der Waals surface area (Å²) in [5, 5.41) is 0. The first-order chi connectivity index (χ1) is 8.70. The summed E-state index contributed by atoms with van der Waals surface area (Å²) >= 11 is 1.73. The fraction of sp³-hybridized carbons (Fsp3) is 0.500. The molecule has 0 aliphatic carbocycles. The van der Waals surface area contributed by atoms with Crippen molar-refractivity contribution in [1.82, 2.24) is 0 Å². The smallest absolute Gasteiger partial charge is 0.305 e. The minimum Gasteiger partial charge on any atom is -0.469 e. The average Bonchev–Trinajstić information content (AvgIpc) is 2.38. The molecule has 1 aromatic rings. The Kier molecular flexibility index (Phi) is 4.30. The van der Waals surface area contributed by atoms with Crippen LogP contribution in [-0.2, 0) is 19.7 Å². The fourth-order valence-corrected chi connectivity index (χ4v) is 2.60. The van der Waals surface area contributed by atoms with Crippen molar-refractivity contribution in [1.29, 1.82) is 0 Å². The number of hydrogen-bond donors (Lipinski definition) is 0. The molecule has 0 radical (unpaired) electrons. The molecular weight excluding hydrogens is 248 g/mol. The van der Waals surface area contributed by atoms with Crippen molar-refractivity contribution in [2.24, 2.45) is 0 Å². The summed E-state index contributed by atoms with van der Waals surface area (Å²) in [6.07, 6.45) is 3.30. The molecule has 0 saturated carbocycles. The number of methoxy groups -OCH3 is 1. The molecule has 0 spiro atoms. The molecule has 0 N–H and O–H groups in total. The van der Waals surface area contributed by atoms with Gasteiger partial charge in [0.2, 0.25) is 0 Å². The van der Waals surface area contributed by atoms with Gasteiger partial charge in [-0.25, -0.2) is 0 Å². The first-order valence-electron chi connectivity index (χ1n) is 5.99. The van der Waals surface area contributed by atoms with Crippen LogP contribution in [0.5, 0.6) is 0 Å². The molecule has 0 bridgehead atoms. The van der Waals surface area contributed by atoms with Crippen molar-refractivity contribution in [3.8, 4) is 0 Å². The van der Waals surface area contributed by atoms with E-state index in [2.05, 4.69) is 30.5 Å². The molecular formula is C14H18O3S. The van der Waals surface area contributed by atoms with E-state index in [0.717, 1.165) is 6.42 Å². The van der Waals surface area contributed by atoms with E-state index in [1.807, 2.05) is 0 Å². The third-order valence-electron chi connectivity index (χ3n) is 3.49. The Balaban J connectivity index is 2.08. The van der Waals surface area contributed by atoms with Crippen molar-refractivity contribution < 1.29 is 14.3 Å². The third kappa shape index (κ3) is 2.70. The van der Waals surface area contributed by atoms with Crippen LogP contribution in [0.25, 0.3) is 0 Å². The van der Waals surface area contributed by atoms with Gasteiger partial charge in [0.1, 0.15) is 0 Å². The zero-order chi connectivity index (χ0) is 13.0. The first kappa shape index (κ1) is 13.4. The molecule has 0 atom stereocenters. The lowest BCUT2D eigenvalue weighted by Crippen LogP contribution is -2.47. The van der Waals surface area contributed by atoms with Crippen molar-refractivity contribution in [3.63, 3.8) is 0 Å². The number of benzene rings is 1. The lowest BCUT2D eigenvalue weighted by Gasteiger charge is -2.42. The maximum absolute atomic E-state index is 11.3. The minimum atomic E-state index is -0.151. The van der Waals surface area contributed by atoms with Crippen LogP contribution in [0.2, 0.25) is 0 Å². The Morgan fingerprint density at radius 3 is 2.50 bits per heavy atom. The van der Waals surface area contributed by atoms with Gasteiger partial charge in [-0.2, -0.15) is 0 Å². The Hall–Kier alpha value is -1.00. The number of thioether (sulfide) groups is 1. The Morgan fingerprint density at radius 2 is 2.06 bits per heavy atom. The summed E-state index contributed by atoms with van der Waals surface area (Å²) in [4.78, 5) is 12.5. The maximum Gasteiger partial charge on any atom is 0.305 e. The van der Waals surface area contributed by atoms with Crippen molar-refractivity contribution in [2.45, 2.75) is 23.2 Å². The van der Waals surface area contributed by atoms with Crippen LogP contribution >= 0.6 is 11.8 Å². The van der Waals surface area contributed by atoms with Crippen molar-refractivity contribution in [3.05, 3.63) is 29.8 Å². The van der Waals surface area contributed by atoms with Crippen LogP contribution in [0.15, 0.2) is 29.2 Å². The molecule has 0 aromatic heterocycles. The molecule has 98 valence electrons. The highest BCUT2D eigenvalue weighted by Gasteiger charge is 2.40. The highest BCUT2D eigenvalue weighted by molar-refractivity contribution is 7.98. The van der Waals surface area contributed by atoms with E-state index in [1.54, 1.807) is 11.8 Å². The van der Waals surface area contributed by atoms with Crippen molar-refractivity contribution in [2.75, 3.05) is 26.6 Å². The monoisotopic (exact) mass is 266 g/mol. The number of esters is 1. The normalized spacial score (nSPS) is 17.0. The van der Waals surface area contributed by atoms with E-state index >= 15 is 0 Å². The van der Waals surface area contributed by atoms with E-state index in [-0.39, 0.29) is 11.4 Å². The second-order valence-electron chi connectivity index (χ2n) is 4.58. The van der Waals surface area contributed by atoms with Gasteiger partial charge in [0.25, 0.3) is 0 Å². The summed E-state index contributed by atoms with van der Waals surface area (Å²) in [5.74, 6) is -0.151. The summed E-state index contributed by atoms with van der Waals surface area (Å²) in [6, 6.07) is 8.54. The lowest BCUT2D eigenvalue weighted by molar-refractivity contribution is -0.142. The van der Waals surface area contributed by atoms with E-state index in [1.165, 1.54) is 17.6 Å². The van der Waals surface area contributed by atoms with Gasteiger partial charge in [0, 0.05) is 16.7 Å². The Morgan fingerprint density at radius 1 is 1.39 bits per heavy atom. The molecule has 1 saturated heterocycles. The van der Waals surface area contributed by atoms with Gasteiger partial charge in [0.15, 0.2) is 0 Å². The second kappa shape index (κ2) is 5.76. The number of ether oxygens (including phenoxy) is 2. The van der Waals surface area contributed by atoms with E-state index in [9.17, 15) is 4.79 Å². The fourth-order valence-electron chi connectivity index (χ4n) is 2.19. The summed E-state index contributed by atoms with van der Waals surface area (Å²) < 4.78 is 10.1. The minimum absolute atomic E-state index is 0.00509. The zero-order valence-corrected chi connectivity index (χ0v) is 11.6. The van der Waals surface area contributed by atoms with Gasteiger partial charge >= 0.3 is 5.97 Å². The van der Waals surface area contributed by atoms with Gasteiger partial charge in [-0.05, 0) is 30.4 Å². The molecule has 1 aliphatic heterocycles. The van der Waals surface area contributed by atoms with Gasteiger partial charge < -0.3 is 9.47 Å². The molecule has 3 nitrogen and oxygen atoms in total. The largest absolute Gasteiger partial charge is 0.469 e. The zero-order valence-electron chi connectivity index (χ0n) is 10.8.